The first-order valence-corrected chi connectivity index (χ1v) is 8.83. The number of rotatable bonds is 4. The molecule has 1 fully saturated rings. The molecular weight excluding hydrogens is 379 g/mol. The first kappa shape index (κ1) is 18.5. The predicted octanol–water partition coefficient (Wildman–Crippen LogP) is 1.91. The number of hydrogen-bond donors (Lipinski definition) is 0. The number of piperazine rings is 1. The van der Waals surface area contributed by atoms with E-state index < -0.39 is 5.56 Å². The van der Waals surface area contributed by atoms with Gasteiger partial charge in [-0.15, -0.1) is 0 Å². The summed E-state index contributed by atoms with van der Waals surface area (Å²) in [6.45, 7) is 2.29. The van der Waals surface area contributed by atoms with Gasteiger partial charge in [0.15, 0.2) is 0 Å². The van der Waals surface area contributed by atoms with E-state index in [1.807, 2.05) is 24.3 Å². The Morgan fingerprint density at radius 3 is 2.58 bits per heavy atom. The molecule has 1 saturated heterocycles. The molecule has 0 saturated carbocycles. The fourth-order valence-electron chi connectivity index (χ4n) is 2.87. The summed E-state index contributed by atoms with van der Waals surface area (Å²) in [5.74, 6) is 0.622. The van der Waals surface area contributed by atoms with E-state index >= 15 is 0 Å². The van der Waals surface area contributed by atoms with E-state index in [1.54, 1.807) is 12.0 Å². The first-order valence-electron chi connectivity index (χ1n) is 8.08. The van der Waals surface area contributed by atoms with Crippen molar-refractivity contribution in [3.05, 3.63) is 50.9 Å². The van der Waals surface area contributed by atoms with Crippen molar-refractivity contribution in [3.8, 4) is 5.75 Å². The topological polar surface area (TPSA) is 67.7 Å². The zero-order valence-corrected chi connectivity index (χ0v) is 15.7. The number of hydrogen-bond acceptors (Lipinski definition) is 5. The van der Waals surface area contributed by atoms with Crippen molar-refractivity contribution in [2.45, 2.75) is 6.54 Å². The smallest absolute Gasteiger partial charge is 0.287 e. The second-order valence-corrected chi connectivity index (χ2v) is 6.59. The van der Waals surface area contributed by atoms with Crippen LogP contribution in [0.1, 0.15) is 0 Å². The van der Waals surface area contributed by atoms with Gasteiger partial charge in [-0.2, -0.15) is 5.10 Å². The molecule has 3 rings (SSSR count). The number of carbonyl (C=O) groups is 1. The minimum absolute atomic E-state index is 0.0748. The number of amides is 1. The number of nitrogens with zero attached hydrogens (tertiary/aromatic N) is 4. The quantitative estimate of drug-likeness (QED) is 0.789. The van der Waals surface area contributed by atoms with Gasteiger partial charge in [0.1, 0.15) is 17.3 Å². The van der Waals surface area contributed by atoms with Crippen LogP contribution in [0.4, 0.5) is 5.69 Å². The van der Waals surface area contributed by atoms with Crippen LogP contribution in [0.25, 0.3) is 0 Å². The Balaban J connectivity index is 1.64. The molecule has 0 aliphatic carbocycles. The summed E-state index contributed by atoms with van der Waals surface area (Å²) in [4.78, 5) is 28.4. The van der Waals surface area contributed by atoms with Gasteiger partial charge < -0.3 is 14.5 Å². The maximum absolute atomic E-state index is 12.5. The Hall–Kier alpha value is -2.25. The lowest BCUT2D eigenvalue weighted by Gasteiger charge is -2.36. The van der Waals surface area contributed by atoms with Crippen molar-refractivity contribution in [1.29, 1.82) is 0 Å². The summed E-state index contributed by atoms with van der Waals surface area (Å²) in [7, 11) is 1.64. The van der Waals surface area contributed by atoms with E-state index in [0.717, 1.165) is 16.1 Å². The number of para-hydroxylation sites is 2. The molecule has 0 bridgehead atoms. The summed E-state index contributed by atoms with van der Waals surface area (Å²) in [5, 5.41) is 3.82. The Morgan fingerprint density at radius 1 is 1.19 bits per heavy atom. The molecule has 1 aliphatic rings. The van der Waals surface area contributed by atoms with Crippen LogP contribution in [0, 0.1) is 0 Å². The fraction of sp³-hybridized carbons (Fsp3) is 0.353. The lowest BCUT2D eigenvalue weighted by atomic mass is 10.2. The van der Waals surface area contributed by atoms with E-state index in [1.165, 1.54) is 6.20 Å². The van der Waals surface area contributed by atoms with Crippen LogP contribution in [-0.2, 0) is 11.3 Å². The molecule has 1 amide bonds. The largest absolute Gasteiger partial charge is 0.495 e. The van der Waals surface area contributed by atoms with Crippen LogP contribution in [0.5, 0.6) is 5.75 Å². The van der Waals surface area contributed by atoms with Crippen molar-refractivity contribution in [2.24, 2.45) is 0 Å². The van der Waals surface area contributed by atoms with E-state index in [2.05, 4.69) is 10.00 Å². The zero-order chi connectivity index (χ0) is 18.7. The average Bonchev–Trinajstić information content (AvgIpc) is 2.68. The SMILES string of the molecule is COc1ccccc1N1CCN(C(=O)Cn2ncc(Cl)c(Cl)c2=O)CC1. The van der Waals surface area contributed by atoms with Crippen molar-refractivity contribution < 1.29 is 9.53 Å². The van der Waals surface area contributed by atoms with Gasteiger partial charge in [-0.1, -0.05) is 35.3 Å². The summed E-state index contributed by atoms with van der Waals surface area (Å²) >= 11 is 11.6. The van der Waals surface area contributed by atoms with E-state index in [-0.39, 0.29) is 22.5 Å². The van der Waals surface area contributed by atoms with Gasteiger partial charge in [0.05, 0.1) is 24.0 Å². The minimum atomic E-state index is -0.569. The van der Waals surface area contributed by atoms with Crippen LogP contribution in [0.15, 0.2) is 35.3 Å². The minimum Gasteiger partial charge on any atom is -0.495 e. The molecule has 138 valence electrons. The number of ether oxygens (including phenoxy) is 1. The lowest BCUT2D eigenvalue weighted by molar-refractivity contribution is -0.132. The Morgan fingerprint density at radius 2 is 1.88 bits per heavy atom. The van der Waals surface area contributed by atoms with Crippen LogP contribution >= 0.6 is 23.2 Å². The first-order chi connectivity index (χ1) is 12.5. The molecule has 0 spiro atoms. The zero-order valence-electron chi connectivity index (χ0n) is 14.2. The molecule has 0 N–H and O–H groups in total. The van der Waals surface area contributed by atoms with Crippen LogP contribution < -0.4 is 15.2 Å². The standard InChI is InChI=1S/C17H18Cl2N4O3/c1-26-14-5-3-2-4-13(14)21-6-8-22(9-7-21)15(24)11-23-17(25)16(19)12(18)10-20-23/h2-5,10H,6-9,11H2,1H3. The molecular formula is C17H18Cl2N4O3. The highest BCUT2D eigenvalue weighted by Gasteiger charge is 2.23. The predicted molar refractivity (Wildman–Crippen MR) is 100 cm³/mol. The van der Waals surface area contributed by atoms with Gasteiger partial charge in [-0.05, 0) is 12.1 Å². The summed E-state index contributed by atoms with van der Waals surface area (Å²) in [5.41, 5.74) is 0.435. The molecule has 0 unspecified atom stereocenters. The Kier molecular flexibility index (Phi) is 5.68. The number of benzene rings is 1. The Bertz CT molecular complexity index is 863. The molecule has 1 aromatic heterocycles. The van der Waals surface area contributed by atoms with E-state index in [9.17, 15) is 9.59 Å². The van der Waals surface area contributed by atoms with Gasteiger partial charge in [0.25, 0.3) is 5.56 Å². The monoisotopic (exact) mass is 396 g/mol. The normalized spacial score (nSPS) is 14.4. The van der Waals surface area contributed by atoms with Crippen molar-refractivity contribution in [3.63, 3.8) is 0 Å². The molecule has 1 aliphatic heterocycles. The number of anilines is 1. The Labute approximate surface area is 160 Å². The van der Waals surface area contributed by atoms with Crippen molar-refractivity contribution in [2.75, 3.05) is 38.2 Å². The number of halogens is 2. The maximum atomic E-state index is 12.5. The van der Waals surface area contributed by atoms with Crippen LogP contribution in [0.3, 0.4) is 0 Å². The highest BCUT2D eigenvalue weighted by Crippen LogP contribution is 2.28. The molecule has 1 aromatic carbocycles. The third kappa shape index (κ3) is 3.78. The number of methoxy groups -OCH3 is 1. The molecule has 2 aromatic rings. The lowest BCUT2D eigenvalue weighted by Crippen LogP contribution is -2.50. The van der Waals surface area contributed by atoms with Crippen molar-refractivity contribution >= 4 is 34.8 Å². The fourth-order valence-corrected chi connectivity index (χ4v) is 3.14. The number of carbonyl (C=O) groups excluding carboxylic acids is 1. The molecule has 2 heterocycles. The molecule has 26 heavy (non-hydrogen) atoms. The molecule has 9 heteroatoms. The molecule has 0 atom stereocenters. The summed E-state index contributed by atoms with van der Waals surface area (Å²) < 4.78 is 6.42. The third-order valence-electron chi connectivity index (χ3n) is 4.29. The third-order valence-corrected chi connectivity index (χ3v) is 5.03. The van der Waals surface area contributed by atoms with Gasteiger partial charge >= 0.3 is 0 Å². The van der Waals surface area contributed by atoms with Crippen LogP contribution in [0.2, 0.25) is 10.0 Å². The second kappa shape index (κ2) is 7.97. The van der Waals surface area contributed by atoms with Gasteiger partial charge in [0, 0.05) is 26.2 Å². The van der Waals surface area contributed by atoms with E-state index in [4.69, 9.17) is 27.9 Å². The summed E-state index contributed by atoms with van der Waals surface area (Å²) in [6.07, 6.45) is 1.26. The van der Waals surface area contributed by atoms with Gasteiger partial charge in [-0.25, -0.2) is 4.68 Å². The highest BCUT2D eigenvalue weighted by molar-refractivity contribution is 6.41. The molecule has 7 nitrogen and oxygen atoms in total. The summed E-state index contributed by atoms with van der Waals surface area (Å²) in [6, 6.07) is 7.78. The number of aromatic nitrogens is 2. The van der Waals surface area contributed by atoms with E-state index in [0.29, 0.717) is 26.2 Å². The second-order valence-electron chi connectivity index (χ2n) is 5.81. The molecule has 0 radical (unpaired) electrons. The van der Waals surface area contributed by atoms with Gasteiger partial charge in [0.2, 0.25) is 5.91 Å². The maximum Gasteiger partial charge on any atom is 0.287 e. The highest BCUT2D eigenvalue weighted by atomic mass is 35.5. The average molecular weight is 397 g/mol. The van der Waals surface area contributed by atoms with Crippen molar-refractivity contribution in [1.82, 2.24) is 14.7 Å². The van der Waals surface area contributed by atoms with Crippen LogP contribution in [-0.4, -0.2) is 53.9 Å². The van der Waals surface area contributed by atoms with Gasteiger partial charge in [-0.3, -0.25) is 9.59 Å².